The van der Waals surface area contributed by atoms with Crippen LogP contribution in [0.3, 0.4) is 0 Å². The molecule has 0 amide bonds. The van der Waals surface area contributed by atoms with Crippen molar-refractivity contribution < 1.29 is 20.1 Å². The molecule has 0 atom stereocenters. The van der Waals surface area contributed by atoms with Gasteiger partial charge in [0.25, 0.3) is 0 Å². The molecule has 0 saturated carbocycles. The van der Waals surface area contributed by atoms with Gasteiger partial charge in [0.2, 0.25) is 0 Å². The molecule has 0 unspecified atom stereocenters. The number of benzene rings is 6. The van der Waals surface area contributed by atoms with Crippen molar-refractivity contribution in [3.05, 3.63) is 132 Å². The van der Waals surface area contributed by atoms with Gasteiger partial charge in [-0.2, -0.15) is 0 Å². The fourth-order valence-corrected chi connectivity index (χ4v) is 6.12. The molecule has 7 rings (SSSR count). The van der Waals surface area contributed by atoms with Gasteiger partial charge < -0.3 is 4.57 Å². The van der Waals surface area contributed by atoms with E-state index in [1.165, 1.54) is 49.5 Å². The van der Waals surface area contributed by atoms with Gasteiger partial charge in [0.1, 0.15) is 0 Å². The van der Waals surface area contributed by atoms with Crippen LogP contribution in [0.5, 0.6) is 0 Å². The number of para-hydroxylation sites is 2. The molecule has 0 aliphatic carbocycles. The summed E-state index contributed by atoms with van der Waals surface area (Å²) >= 11 is 0. The van der Waals surface area contributed by atoms with Gasteiger partial charge in [0.15, 0.2) is 0 Å². The molecule has 6 aromatic carbocycles. The maximum atomic E-state index is 5.24. The third kappa shape index (κ3) is 4.77. The van der Waals surface area contributed by atoms with Crippen molar-refractivity contribution in [1.82, 2.24) is 9.55 Å². The van der Waals surface area contributed by atoms with Crippen LogP contribution in [0.2, 0.25) is 0 Å². The first-order valence-corrected chi connectivity index (χ1v) is 14.5. The van der Waals surface area contributed by atoms with E-state index < -0.39 is 0 Å². The first-order valence-electron chi connectivity index (χ1n) is 14.5. The quantitative estimate of drug-likeness (QED) is 0.128. The first kappa shape index (κ1) is 28.1. The van der Waals surface area contributed by atoms with Crippen molar-refractivity contribution in [2.24, 2.45) is 0 Å². The van der Waals surface area contributed by atoms with E-state index >= 15 is 0 Å². The zero-order valence-corrected chi connectivity index (χ0v) is 26.7. The van der Waals surface area contributed by atoms with E-state index in [0.29, 0.717) is 11.8 Å². The van der Waals surface area contributed by atoms with E-state index in [0.717, 1.165) is 22.4 Å². The Bertz CT molecular complexity index is 2020. The second kappa shape index (κ2) is 11.3. The van der Waals surface area contributed by atoms with Crippen LogP contribution in [-0.2, 0) is 20.1 Å². The number of rotatable bonds is 5. The Morgan fingerprint density at radius 1 is 0.619 bits per heavy atom. The van der Waals surface area contributed by atoms with Crippen LogP contribution in [-0.4, -0.2) is 9.55 Å². The molecular formula is C39H33IrN2-. The third-order valence-corrected chi connectivity index (χ3v) is 8.22. The minimum Gasteiger partial charge on any atom is -0.333 e. The second-order valence-electron chi connectivity index (χ2n) is 11.6. The Hall–Kier alpha value is -4.04. The van der Waals surface area contributed by atoms with E-state index in [-0.39, 0.29) is 20.1 Å². The van der Waals surface area contributed by atoms with Crippen molar-refractivity contribution in [3.8, 4) is 28.2 Å². The van der Waals surface area contributed by atoms with Gasteiger partial charge in [-0.1, -0.05) is 117 Å². The van der Waals surface area contributed by atoms with Gasteiger partial charge in [0, 0.05) is 25.8 Å². The van der Waals surface area contributed by atoms with E-state index in [4.69, 9.17) is 4.98 Å². The minimum absolute atomic E-state index is 0. The summed E-state index contributed by atoms with van der Waals surface area (Å²) in [6, 6.07) is 45.0. The molecular weight excluding hydrogens is 689 g/mol. The smallest absolute Gasteiger partial charge is 0.0774 e. The predicted octanol–water partition coefficient (Wildman–Crippen LogP) is 10.7. The Morgan fingerprint density at radius 2 is 1.26 bits per heavy atom. The van der Waals surface area contributed by atoms with Gasteiger partial charge in [-0.15, -0.1) is 29.1 Å². The maximum Gasteiger partial charge on any atom is 0.0774 e. The molecule has 2 nitrogen and oxygen atoms in total. The van der Waals surface area contributed by atoms with Crippen molar-refractivity contribution >= 4 is 32.6 Å². The van der Waals surface area contributed by atoms with Gasteiger partial charge in [0.05, 0.1) is 16.9 Å². The van der Waals surface area contributed by atoms with Crippen LogP contribution in [0.25, 0.3) is 60.8 Å². The molecule has 1 radical (unpaired) electrons. The summed E-state index contributed by atoms with van der Waals surface area (Å²) in [4.78, 5) is 5.24. The van der Waals surface area contributed by atoms with Crippen LogP contribution < -0.4 is 0 Å². The molecule has 0 N–H and O–H groups in total. The molecule has 0 spiro atoms. The number of nitrogens with zero attached hydrogens (tertiary/aromatic N) is 2. The van der Waals surface area contributed by atoms with Crippen LogP contribution in [0.15, 0.2) is 115 Å². The SMILES string of the molecule is CC(C)c1cc(-c2ccccc2)cc(C(C)C)c1-n1c(-c2[c-]cc3c(ccc4ccccc43)c2)nc2ccccc21.[Ir]. The standard InChI is InChI=1S/C39H33N2.Ir/c1-25(2)34-23-31(27-12-6-5-7-13-27)24-35(26(3)4)38(34)41-37-17-11-10-16-36(37)40-39(41)30-20-21-33-29(22-30)19-18-28-14-8-9-15-32(28)33;/h5-19,21-26H,1-4H3;/q-1;. The first-order chi connectivity index (χ1) is 20.0. The number of imidazole rings is 1. The van der Waals surface area contributed by atoms with Crippen LogP contribution in [0.4, 0.5) is 0 Å². The molecule has 0 bridgehead atoms. The van der Waals surface area contributed by atoms with E-state index in [2.05, 4.69) is 154 Å². The Labute approximate surface area is 261 Å². The summed E-state index contributed by atoms with van der Waals surface area (Å²) in [7, 11) is 0. The van der Waals surface area contributed by atoms with Gasteiger partial charge in [-0.05, 0) is 63.7 Å². The average molecular weight is 722 g/mol. The van der Waals surface area contributed by atoms with Crippen molar-refractivity contribution in [3.63, 3.8) is 0 Å². The Balaban J connectivity index is 0.00000316. The molecule has 0 fully saturated rings. The normalized spacial score (nSPS) is 11.6. The van der Waals surface area contributed by atoms with Gasteiger partial charge in [-0.3, -0.25) is 4.98 Å². The molecule has 0 aliphatic rings. The summed E-state index contributed by atoms with van der Waals surface area (Å²) < 4.78 is 2.40. The van der Waals surface area contributed by atoms with Crippen LogP contribution >= 0.6 is 0 Å². The molecule has 1 heterocycles. The zero-order chi connectivity index (χ0) is 28.1. The summed E-state index contributed by atoms with van der Waals surface area (Å²) in [5.41, 5.74) is 9.51. The fourth-order valence-electron chi connectivity index (χ4n) is 6.12. The minimum atomic E-state index is 0. The molecule has 3 heteroatoms. The molecule has 209 valence electrons. The summed E-state index contributed by atoms with van der Waals surface area (Å²) in [5.74, 6) is 1.58. The molecule has 1 aromatic heterocycles. The predicted molar refractivity (Wildman–Crippen MR) is 174 cm³/mol. The zero-order valence-electron chi connectivity index (χ0n) is 24.4. The fraction of sp³-hybridized carbons (Fsp3) is 0.154. The van der Waals surface area contributed by atoms with Gasteiger partial charge >= 0.3 is 0 Å². The van der Waals surface area contributed by atoms with Crippen LogP contribution in [0.1, 0.15) is 50.7 Å². The topological polar surface area (TPSA) is 17.8 Å². The van der Waals surface area contributed by atoms with E-state index in [1.807, 2.05) is 0 Å². The third-order valence-electron chi connectivity index (χ3n) is 8.22. The molecule has 0 saturated heterocycles. The number of hydrogen-bond donors (Lipinski definition) is 0. The Kier molecular flexibility index (Phi) is 7.58. The van der Waals surface area contributed by atoms with E-state index in [1.54, 1.807) is 0 Å². The van der Waals surface area contributed by atoms with Crippen molar-refractivity contribution in [2.45, 2.75) is 39.5 Å². The van der Waals surface area contributed by atoms with E-state index in [9.17, 15) is 0 Å². The average Bonchev–Trinajstić information content (AvgIpc) is 3.39. The summed E-state index contributed by atoms with van der Waals surface area (Å²) in [6.45, 7) is 9.18. The summed E-state index contributed by atoms with van der Waals surface area (Å²) in [5, 5.41) is 4.91. The second-order valence-corrected chi connectivity index (χ2v) is 11.6. The number of aromatic nitrogens is 2. The molecule has 0 aliphatic heterocycles. The Morgan fingerprint density at radius 3 is 2.00 bits per heavy atom. The van der Waals surface area contributed by atoms with Crippen molar-refractivity contribution in [1.29, 1.82) is 0 Å². The van der Waals surface area contributed by atoms with Crippen molar-refractivity contribution in [2.75, 3.05) is 0 Å². The largest absolute Gasteiger partial charge is 0.333 e. The number of hydrogen-bond acceptors (Lipinski definition) is 1. The van der Waals surface area contributed by atoms with Crippen LogP contribution in [0, 0.1) is 6.07 Å². The molecule has 7 aromatic rings. The van der Waals surface area contributed by atoms with Gasteiger partial charge in [-0.25, -0.2) is 0 Å². The summed E-state index contributed by atoms with van der Waals surface area (Å²) in [6.07, 6.45) is 0. The maximum absolute atomic E-state index is 5.24. The number of fused-ring (bicyclic) bond motifs is 4. The monoisotopic (exact) mass is 722 g/mol. The molecule has 42 heavy (non-hydrogen) atoms.